The summed E-state index contributed by atoms with van der Waals surface area (Å²) in [6, 6.07) is 27.1. The molecule has 74 heavy (non-hydrogen) atoms. The molecule has 0 spiro atoms. The molecule has 4 aliphatic carbocycles. The second kappa shape index (κ2) is 15.1. The molecule has 0 N–H and O–H groups in total. The Hall–Kier alpha value is -5.48. The van der Waals surface area contributed by atoms with Gasteiger partial charge in [0.2, 0.25) is 0 Å². The van der Waals surface area contributed by atoms with Crippen molar-refractivity contribution in [1.82, 2.24) is 0 Å². The lowest BCUT2D eigenvalue weighted by Crippen LogP contribution is -2.61. The number of hydrogen-bond donors (Lipinski definition) is 0. The summed E-state index contributed by atoms with van der Waals surface area (Å²) in [5, 5.41) is 1.07. The molecule has 0 amide bonds. The Balaban J connectivity index is 1.23. The molecule has 0 fully saturated rings. The number of furan rings is 1. The second-order valence-electron chi connectivity index (χ2n) is 29.2. The molecule has 1 aromatic heterocycles. The maximum atomic E-state index is 9.64. The molecule has 0 unspecified atom stereocenters. The number of rotatable bonds is 3. The van der Waals surface area contributed by atoms with E-state index in [0.29, 0.717) is 5.56 Å². The van der Waals surface area contributed by atoms with Crippen molar-refractivity contribution in [2.75, 3.05) is 9.80 Å². The molecular formula is C70H81BN2O. The van der Waals surface area contributed by atoms with E-state index in [-0.39, 0.29) is 79.8 Å². The maximum Gasteiger partial charge on any atom is 0.297 e. The van der Waals surface area contributed by atoms with Crippen LogP contribution in [0.5, 0.6) is 0 Å². The molecule has 6 aliphatic rings. The largest absolute Gasteiger partial charge is 0.468 e. The molecule has 13 rings (SSSR count). The van der Waals surface area contributed by atoms with Crippen molar-refractivity contribution in [2.24, 2.45) is 0 Å². The van der Waals surface area contributed by atoms with Gasteiger partial charge in [0.25, 0.3) is 6.71 Å². The maximum absolute atomic E-state index is 9.64. The Bertz CT molecular complexity index is 3820. The number of fused-ring (bicyclic) bond motifs is 10. The van der Waals surface area contributed by atoms with E-state index in [1.54, 1.807) is 0 Å². The van der Waals surface area contributed by atoms with Gasteiger partial charge in [0.05, 0.1) is 18.2 Å². The molecule has 3 heterocycles. The first kappa shape index (κ1) is 42.7. The summed E-state index contributed by atoms with van der Waals surface area (Å²) in [4.78, 5) is 4.96. The van der Waals surface area contributed by atoms with Gasteiger partial charge in [-0.05, 0) is 216 Å². The fourth-order valence-electron chi connectivity index (χ4n) is 15.1. The lowest BCUT2D eigenvalue weighted by molar-refractivity contribution is 0.332. The van der Waals surface area contributed by atoms with Crippen LogP contribution in [0.3, 0.4) is 0 Å². The predicted octanol–water partition coefficient (Wildman–Crippen LogP) is 17.6. The monoisotopic (exact) mass is 982 g/mol. The lowest BCUT2D eigenvalue weighted by atomic mass is 9.35. The van der Waals surface area contributed by atoms with E-state index in [2.05, 4.69) is 193 Å². The average molecular weight is 982 g/mol. The normalized spacial score (nSPS) is 23.1. The van der Waals surface area contributed by atoms with E-state index in [1.165, 1.54) is 50.0 Å². The van der Waals surface area contributed by atoms with E-state index >= 15 is 0 Å². The predicted molar refractivity (Wildman–Crippen MR) is 317 cm³/mol. The number of benzene rings is 6. The van der Waals surface area contributed by atoms with Crippen molar-refractivity contribution in [2.45, 2.75) is 205 Å². The van der Waals surface area contributed by atoms with Gasteiger partial charge in [-0.15, -0.1) is 0 Å². The molecule has 0 saturated carbocycles. The summed E-state index contributed by atoms with van der Waals surface area (Å²) in [7, 11) is 0. The van der Waals surface area contributed by atoms with Crippen LogP contribution >= 0.6 is 0 Å². The van der Waals surface area contributed by atoms with Crippen molar-refractivity contribution < 1.29 is 11.3 Å². The molecule has 7 aromatic rings. The van der Waals surface area contributed by atoms with Crippen LogP contribution in [0.1, 0.15) is 214 Å². The summed E-state index contributed by atoms with van der Waals surface area (Å²) in [5.41, 5.74) is 21.3. The molecule has 0 radical (unpaired) electrons. The first-order valence-corrected chi connectivity index (χ1v) is 28.1. The summed E-state index contributed by atoms with van der Waals surface area (Å²) in [6.45, 7) is 38.0. The van der Waals surface area contributed by atoms with Crippen LogP contribution in [-0.2, 0) is 43.3 Å². The van der Waals surface area contributed by atoms with Gasteiger partial charge in [-0.1, -0.05) is 159 Å². The Kier molecular flexibility index (Phi) is 8.74. The van der Waals surface area contributed by atoms with Gasteiger partial charge in [0, 0.05) is 33.8 Å². The number of nitrogens with zero attached hydrogens (tertiary/aromatic N) is 2. The standard InChI is InChI=1S/C70H81BN2O/c1-63(2)26-28-65(5,6)49-36-44(22-24-47(49)63)72-56-40-53-52(68(11,12)31-32-69(53,13)14)39-55(56)71-60-57(72)34-43(42-20-18-17-19-21-42)35-58(60)73(45-23-25-48-50(37-45)66(7,8)29-27-64(48,3)4)61-46-38-51-54(41-59(46)74-62(61)71)70(15,16)33-30-67(51,9)10/h17-25,34-41H,26-33H2,1-16H3/i17D,18D,19D,20D,21D. The third-order valence-corrected chi connectivity index (χ3v) is 20.6. The van der Waals surface area contributed by atoms with Gasteiger partial charge >= 0.3 is 0 Å². The van der Waals surface area contributed by atoms with Crippen molar-refractivity contribution in [3.8, 4) is 11.1 Å². The van der Waals surface area contributed by atoms with Gasteiger partial charge in [-0.3, -0.25) is 0 Å². The van der Waals surface area contributed by atoms with Crippen LogP contribution in [0, 0.1) is 0 Å². The first-order valence-electron chi connectivity index (χ1n) is 30.6. The van der Waals surface area contributed by atoms with Crippen LogP contribution in [0.25, 0.3) is 22.1 Å². The SMILES string of the molecule is [2H]c1c([2H])c([2H])c(-c2cc3c4c(c2)N(c2ccc5c(c2)C(C)(C)CCC5(C)C)c2c(oc5cc6c(cc25)C(C)(C)CCC6(C)C)B4c2cc4c(cc2N3c2ccc3c(c2)C(C)(C)CCC3(C)C)C(C)(C)CCC4(C)C)c([2H])c1[2H]. The zero-order valence-corrected chi connectivity index (χ0v) is 47.5. The first-order chi connectivity index (χ1) is 36.7. The van der Waals surface area contributed by atoms with Crippen molar-refractivity contribution in [3.63, 3.8) is 0 Å². The molecule has 0 bridgehead atoms. The van der Waals surface area contributed by atoms with Gasteiger partial charge < -0.3 is 14.2 Å². The van der Waals surface area contributed by atoms with E-state index in [9.17, 15) is 2.74 Å². The smallest absolute Gasteiger partial charge is 0.297 e. The highest BCUT2D eigenvalue weighted by Gasteiger charge is 2.51. The van der Waals surface area contributed by atoms with Gasteiger partial charge in [0.1, 0.15) is 5.58 Å². The Labute approximate surface area is 451 Å². The quantitative estimate of drug-likeness (QED) is 0.165. The lowest BCUT2D eigenvalue weighted by Gasteiger charge is -2.47. The van der Waals surface area contributed by atoms with Gasteiger partial charge in [-0.25, -0.2) is 0 Å². The topological polar surface area (TPSA) is 19.6 Å². The Morgan fingerprint density at radius 2 is 0.811 bits per heavy atom. The van der Waals surface area contributed by atoms with Gasteiger partial charge in [-0.2, -0.15) is 0 Å². The molecule has 2 aliphatic heterocycles. The second-order valence-corrected chi connectivity index (χ2v) is 29.2. The van der Waals surface area contributed by atoms with Crippen molar-refractivity contribution >= 4 is 68.4 Å². The Morgan fingerprint density at radius 1 is 0.405 bits per heavy atom. The van der Waals surface area contributed by atoms with Crippen LogP contribution < -0.4 is 26.4 Å². The summed E-state index contributed by atoms with van der Waals surface area (Å²) in [6.07, 6.45) is 8.64. The highest BCUT2D eigenvalue weighted by Crippen LogP contribution is 2.56. The van der Waals surface area contributed by atoms with Crippen molar-refractivity contribution in [3.05, 3.63) is 148 Å². The van der Waals surface area contributed by atoms with E-state index in [0.717, 1.165) is 108 Å². The third-order valence-electron chi connectivity index (χ3n) is 20.6. The summed E-state index contributed by atoms with van der Waals surface area (Å²) in [5.74, 6) is 0. The molecule has 0 saturated heterocycles. The van der Waals surface area contributed by atoms with Crippen molar-refractivity contribution in [1.29, 1.82) is 0 Å². The zero-order chi connectivity index (χ0) is 56.6. The fourth-order valence-corrected chi connectivity index (χ4v) is 15.1. The molecule has 4 heteroatoms. The van der Waals surface area contributed by atoms with Crippen LogP contribution in [-0.4, -0.2) is 6.71 Å². The minimum Gasteiger partial charge on any atom is -0.468 e. The van der Waals surface area contributed by atoms with Gasteiger partial charge in [0.15, 0.2) is 0 Å². The molecule has 380 valence electrons. The minimum atomic E-state index is -0.395. The summed E-state index contributed by atoms with van der Waals surface area (Å²) >= 11 is 0. The van der Waals surface area contributed by atoms with Crippen LogP contribution in [0.2, 0.25) is 0 Å². The molecule has 3 nitrogen and oxygen atoms in total. The Morgan fingerprint density at radius 3 is 1.31 bits per heavy atom. The summed E-state index contributed by atoms with van der Waals surface area (Å²) < 4.78 is 54.0. The highest BCUT2D eigenvalue weighted by molar-refractivity contribution is 7.00. The van der Waals surface area contributed by atoms with E-state index < -0.39 is 6.04 Å². The van der Waals surface area contributed by atoms with Crippen LogP contribution in [0.15, 0.2) is 107 Å². The highest BCUT2D eigenvalue weighted by atomic mass is 16.3. The third kappa shape index (κ3) is 6.83. The molecule has 0 atom stereocenters. The molecular weight excluding hydrogens is 896 g/mol. The molecule has 6 aromatic carbocycles. The fraction of sp³-hybridized carbons (Fsp3) is 0.457. The zero-order valence-electron chi connectivity index (χ0n) is 52.5. The van der Waals surface area contributed by atoms with Crippen LogP contribution in [0.4, 0.5) is 34.1 Å². The number of anilines is 6. The van der Waals surface area contributed by atoms with E-state index in [4.69, 9.17) is 8.53 Å². The minimum absolute atomic E-state index is 0.00351. The number of hydrogen-bond acceptors (Lipinski definition) is 3. The van der Waals surface area contributed by atoms with E-state index in [1.807, 2.05) is 0 Å². The average Bonchev–Trinajstić information content (AvgIpc) is 2.70.